The molecule has 2 heterocycles. The van der Waals surface area contributed by atoms with Gasteiger partial charge in [0.25, 0.3) is 0 Å². The Kier molecular flexibility index (Phi) is 8.18. The largest absolute Gasteiger partial charge is 0.362 e. The zero-order valence-electron chi connectivity index (χ0n) is 19.2. The van der Waals surface area contributed by atoms with Crippen LogP contribution in [-0.2, 0) is 6.42 Å². The maximum Gasteiger partial charge on any atom is 0.170 e. The summed E-state index contributed by atoms with van der Waals surface area (Å²) < 4.78 is 0. The summed E-state index contributed by atoms with van der Waals surface area (Å²) in [5.41, 5.74) is 5.09. The number of aromatic amines is 1. The van der Waals surface area contributed by atoms with E-state index in [2.05, 4.69) is 82.2 Å². The number of thiocarbonyl (C=S) groups is 1. The van der Waals surface area contributed by atoms with Crippen molar-refractivity contribution in [2.45, 2.75) is 51.4 Å². The van der Waals surface area contributed by atoms with Gasteiger partial charge in [-0.15, -0.1) is 0 Å². The van der Waals surface area contributed by atoms with Crippen LogP contribution in [0.5, 0.6) is 0 Å². The minimum absolute atomic E-state index is 0.639. The lowest BCUT2D eigenvalue weighted by Gasteiger charge is -2.31. The van der Waals surface area contributed by atoms with Crippen molar-refractivity contribution in [3.63, 3.8) is 0 Å². The smallest absolute Gasteiger partial charge is 0.170 e. The Morgan fingerprint density at radius 3 is 2.69 bits per heavy atom. The number of likely N-dealkylation sites (tertiary alicyclic amines) is 1. The van der Waals surface area contributed by atoms with Crippen molar-refractivity contribution >= 4 is 33.9 Å². The molecule has 1 aromatic heterocycles. The molecule has 4 nitrogen and oxygen atoms in total. The molecule has 3 N–H and O–H groups in total. The average molecular weight is 449 g/mol. The lowest BCUT2D eigenvalue weighted by Crippen LogP contribution is -2.33. The van der Waals surface area contributed by atoms with Gasteiger partial charge in [-0.1, -0.05) is 43.7 Å². The first-order chi connectivity index (χ1) is 15.7. The topological polar surface area (TPSA) is 43.1 Å². The van der Waals surface area contributed by atoms with Crippen LogP contribution in [-0.4, -0.2) is 41.2 Å². The molecule has 0 amide bonds. The fourth-order valence-electron chi connectivity index (χ4n) is 4.72. The van der Waals surface area contributed by atoms with Crippen LogP contribution in [0.2, 0.25) is 0 Å². The predicted octanol–water partition coefficient (Wildman–Crippen LogP) is 6.07. The molecule has 0 radical (unpaired) electrons. The summed E-state index contributed by atoms with van der Waals surface area (Å²) in [6.45, 7) is 6.82. The highest BCUT2D eigenvalue weighted by atomic mass is 32.1. The van der Waals surface area contributed by atoms with E-state index in [1.165, 1.54) is 67.3 Å². The first-order valence-corrected chi connectivity index (χ1v) is 12.6. The number of H-pyrrole nitrogens is 1. The molecule has 0 atom stereocenters. The second kappa shape index (κ2) is 11.5. The first kappa shape index (κ1) is 22.8. The van der Waals surface area contributed by atoms with Gasteiger partial charge in [-0.25, -0.2) is 0 Å². The minimum atomic E-state index is 0.639. The number of nitrogens with one attached hydrogen (secondary N) is 3. The number of nitrogens with zero attached hydrogens (tertiary/aromatic N) is 1. The van der Waals surface area contributed by atoms with Crippen molar-refractivity contribution < 1.29 is 0 Å². The molecule has 2 aromatic carbocycles. The Balaban J connectivity index is 1.30. The van der Waals surface area contributed by atoms with Gasteiger partial charge in [0.2, 0.25) is 0 Å². The summed E-state index contributed by atoms with van der Waals surface area (Å²) in [5.74, 6) is 0.639. The average Bonchev–Trinajstić information content (AvgIpc) is 3.25. The fourth-order valence-corrected chi connectivity index (χ4v) is 4.94. The Morgan fingerprint density at radius 1 is 1.09 bits per heavy atom. The SMILES string of the molecule is CCCCN1CCC(c2c[nH]c3ccc(NC(=S)NCCCc4ccccc4)cc23)CC1. The molecule has 0 bridgehead atoms. The number of hydrogen-bond acceptors (Lipinski definition) is 2. The fraction of sp³-hybridized carbons (Fsp3) is 0.444. The molecule has 170 valence electrons. The van der Waals surface area contributed by atoms with Crippen molar-refractivity contribution in [3.05, 3.63) is 65.9 Å². The van der Waals surface area contributed by atoms with Crippen LogP contribution in [0.1, 0.15) is 56.1 Å². The molecule has 3 aromatic rings. The van der Waals surface area contributed by atoms with Crippen molar-refractivity contribution in [2.75, 3.05) is 31.5 Å². The minimum Gasteiger partial charge on any atom is -0.362 e. The zero-order chi connectivity index (χ0) is 22.2. The van der Waals surface area contributed by atoms with Gasteiger partial charge in [-0.3, -0.25) is 0 Å². The normalized spacial score (nSPS) is 15.2. The van der Waals surface area contributed by atoms with Crippen LogP contribution < -0.4 is 10.6 Å². The lowest BCUT2D eigenvalue weighted by molar-refractivity contribution is 0.210. The molecular formula is C27H36N4S. The molecule has 0 aliphatic carbocycles. The zero-order valence-corrected chi connectivity index (χ0v) is 20.0. The van der Waals surface area contributed by atoms with E-state index >= 15 is 0 Å². The Bertz CT molecular complexity index is 989. The van der Waals surface area contributed by atoms with Gasteiger partial charge in [-0.2, -0.15) is 0 Å². The quantitative estimate of drug-likeness (QED) is 0.275. The standard InChI is InChI=1S/C27H36N4S/c1-2-3-16-31-17-13-22(14-18-31)25-20-29-26-12-11-23(19-24(25)26)30-27(32)28-15-7-10-21-8-5-4-6-9-21/h4-6,8-9,11-12,19-20,22,29H,2-3,7,10,13-18H2,1H3,(H2,28,30,32). The second-order valence-corrected chi connectivity index (χ2v) is 9.35. The Labute approximate surface area is 197 Å². The maximum absolute atomic E-state index is 5.54. The summed E-state index contributed by atoms with van der Waals surface area (Å²) in [4.78, 5) is 6.11. The van der Waals surface area contributed by atoms with Crippen molar-refractivity contribution in [1.29, 1.82) is 0 Å². The number of rotatable bonds is 9. The van der Waals surface area contributed by atoms with Crippen molar-refractivity contribution in [2.24, 2.45) is 0 Å². The first-order valence-electron chi connectivity index (χ1n) is 12.1. The van der Waals surface area contributed by atoms with Crippen molar-refractivity contribution in [1.82, 2.24) is 15.2 Å². The Hall–Kier alpha value is -2.37. The number of unbranched alkanes of at least 4 members (excludes halogenated alkanes) is 1. The van der Waals surface area contributed by atoms with Gasteiger partial charge in [0, 0.05) is 29.3 Å². The second-order valence-electron chi connectivity index (χ2n) is 8.94. The molecule has 1 fully saturated rings. The van der Waals surface area contributed by atoms with Gasteiger partial charge in [-0.05, 0) is 99.2 Å². The number of aromatic nitrogens is 1. The molecule has 0 unspecified atom stereocenters. The summed E-state index contributed by atoms with van der Waals surface area (Å²) >= 11 is 5.54. The lowest BCUT2D eigenvalue weighted by atomic mass is 9.89. The highest BCUT2D eigenvalue weighted by molar-refractivity contribution is 7.80. The predicted molar refractivity (Wildman–Crippen MR) is 141 cm³/mol. The molecule has 32 heavy (non-hydrogen) atoms. The van der Waals surface area contributed by atoms with Crippen LogP contribution in [0.25, 0.3) is 10.9 Å². The van der Waals surface area contributed by atoms with E-state index in [9.17, 15) is 0 Å². The molecule has 0 spiro atoms. The summed E-state index contributed by atoms with van der Waals surface area (Å²) in [5, 5.41) is 8.75. The molecule has 1 aliphatic rings. The molecule has 1 aliphatic heterocycles. The number of fused-ring (bicyclic) bond motifs is 1. The van der Waals surface area contributed by atoms with Crippen LogP contribution in [0.4, 0.5) is 5.69 Å². The summed E-state index contributed by atoms with van der Waals surface area (Å²) in [7, 11) is 0. The van der Waals surface area contributed by atoms with Gasteiger partial charge in [0.15, 0.2) is 5.11 Å². The van der Waals surface area contributed by atoms with E-state index in [4.69, 9.17) is 12.2 Å². The molecule has 4 rings (SSSR count). The van der Waals surface area contributed by atoms with E-state index in [1.54, 1.807) is 0 Å². The van der Waals surface area contributed by atoms with Crippen LogP contribution in [0.3, 0.4) is 0 Å². The van der Waals surface area contributed by atoms with Gasteiger partial charge in [0.05, 0.1) is 0 Å². The number of hydrogen-bond donors (Lipinski definition) is 3. The third-order valence-electron chi connectivity index (χ3n) is 6.60. The monoisotopic (exact) mass is 448 g/mol. The number of aryl methyl sites for hydroxylation is 1. The summed E-state index contributed by atoms with van der Waals surface area (Å²) in [6, 6.07) is 17.1. The third kappa shape index (κ3) is 6.11. The molecule has 0 saturated carbocycles. The van der Waals surface area contributed by atoms with Crippen LogP contribution in [0, 0.1) is 0 Å². The van der Waals surface area contributed by atoms with E-state index in [-0.39, 0.29) is 0 Å². The van der Waals surface area contributed by atoms with Gasteiger partial charge in [0.1, 0.15) is 0 Å². The number of anilines is 1. The van der Waals surface area contributed by atoms with E-state index < -0.39 is 0 Å². The molecular weight excluding hydrogens is 412 g/mol. The Morgan fingerprint density at radius 2 is 1.91 bits per heavy atom. The van der Waals surface area contributed by atoms with Crippen LogP contribution in [0.15, 0.2) is 54.7 Å². The maximum atomic E-state index is 5.54. The van der Waals surface area contributed by atoms with E-state index in [0.29, 0.717) is 11.0 Å². The third-order valence-corrected chi connectivity index (χ3v) is 6.84. The van der Waals surface area contributed by atoms with E-state index in [1.807, 2.05) is 0 Å². The van der Waals surface area contributed by atoms with Gasteiger partial charge >= 0.3 is 0 Å². The van der Waals surface area contributed by atoms with Crippen LogP contribution >= 0.6 is 12.2 Å². The van der Waals surface area contributed by atoms with E-state index in [0.717, 1.165) is 25.1 Å². The van der Waals surface area contributed by atoms with Crippen molar-refractivity contribution in [3.8, 4) is 0 Å². The highest BCUT2D eigenvalue weighted by Crippen LogP contribution is 2.34. The number of benzene rings is 2. The summed E-state index contributed by atoms with van der Waals surface area (Å²) in [6.07, 6.45) is 9.43. The van der Waals surface area contributed by atoms with Gasteiger partial charge < -0.3 is 20.5 Å². The number of piperidine rings is 1. The molecule has 5 heteroatoms. The molecule has 1 saturated heterocycles. The highest BCUT2D eigenvalue weighted by Gasteiger charge is 2.22.